The van der Waals surface area contributed by atoms with Crippen LogP contribution in [0.2, 0.25) is 15.1 Å². The molecule has 7 heteroatoms. The van der Waals surface area contributed by atoms with Crippen molar-refractivity contribution < 1.29 is 9.53 Å². The highest BCUT2D eigenvalue weighted by Crippen LogP contribution is 2.32. The van der Waals surface area contributed by atoms with Crippen molar-refractivity contribution in [1.82, 2.24) is 0 Å². The molecule has 0 aliphatic heterocycles. The lowest BCUT2D eigenvalue weighted by molar-refractivity contribution is -0.114. The maximum atomic E-state index is 12.2. The molecule has 2 aromatic rings. The van der Waals surface area contributed by atoms with Gasteiger partial charge in [0.25, 0.3) is 0 Å². The molecule has 152 valence electrons. The summed E-state index contributed by atoms with van der Waals surface area (Å²) in [5.74, 6) is 0.538. The van der Waals surface area contributed by atoms with E-state index in [2.05, 4.69) is 17.6 Å². The van der Waals surface area contributed by atoms with Gasteiger partial charge in [-0.25, -0.2) is 0 Å². The van der Waals surface area contributed by atoms with Gasteiger partial charge in [0, 0.05) is 11.8 Å². The van der Waals surface area contributed by atoms with Gasteiger partial charge < -0.3 is 15.4 Å². The van der Waals surface area contributed by atoms with Crippen LogP contribution in [0.25, 0.3) is 0 Å². The summed E-state index contributed by atoms with van der Waals surface area (Å²) >= 11 is 17.9. The van der Waals surface area contributed by atoms with E-state index in [0.717, 1.165) is 17.9 Å². The average Bonchev–Trinajstić information content (AvgIpc) is 2.67. The molecule has 1 amide bonds. The minimum Gasteiger partial charge on any atom is -0.494 e. The molecule has 0 bridgehead atoms. The Kier molecular flexibility index (Phi) is 9.76. The average molecular weight is 444 g/mol. The monoisotopic (exact) mass is 442 g/mol. The van der Waals surface area contributed by atoms with Crippen molar-refractivity contribution in [3.05, 3.63) is 51.5 Å². The van der Waals surface area contributed by atoms with E-state index < -0.39 is 0 Å². The fraction of sp³-hybridized carbons (Fsp3) is 0.381. The molecule has 0 atom stereocenters. The lowest BCUT2D eigenvalue weighted by Crippen LogP contribution is -2.22. The highest BCUT2D eigenvalue weighted by atomic mass is 35.5. The van der Waals surface area contributed by atoms with Crippen LogP contribution in [0.1, 0.15) is 39.0 Å². The van der Waals surface area contributed by atoms with Crippen molar-refractivity contribution in [3.63, 3.8) is 0 Å². The minimum absolute atomic E-state index is 0.0804. The van der Waals surface area contributed by atoms with Crippen molar-refractivity contribution >= 4 is 52.1 Å². The smallest absolute Gasteiger partial charge is 0.243 e. The second-order valence-electron chi connectivity index (χ2n) is 6.44. The summed E-state index contributed by atoms with van der Waals surface area (Å²) in [5.41, 5.74) is 1.22. The second kappa shape index (κ2) is 12.1. The van der Waals surface area contributed by atoms with E-state index in [0.29, 0.717) is 27.4 Å². The molecule has 2 rings (SSSR count). The van der Waals surface area contributed by atoms with Crippen molar-refractivity contribution in [1.29, 1.82) is 0 Å². The zero-order valence-electron chi connectivity index (χ0n) is 15.9. The van der Waals surface area contributed by atoms with Crippen LogP contribution < -0.4 is 15.4 Å². The number of halogens is 3. The van der Waals surface area contributed by atoms with Gasteiger partial charge in [0.15, 0.2) is 0 Å². The molecule has 28 heavy (non-hydrogen) atoms. The standard InChI is InChI=1S/C21H25Cl3N2O2/c1-2-3-4-5-6-10-28-16-9-7-8-15(11-16)25-14-21(27)26-20-13-18(23)17(22)12-19(20)24/h7-9,11-13,25H,2-6,10,14H2,1H3,(H,26,27). The second-order valence-corrected chi connectivity index (χ2v) is 7.66. The van der Waals surface area contributed by atoms with Crippen molar-refractivity contribution in [2.45, 2.75) is 39.0 Å². The van der Waals surface area contributed by atoms with Crippen LogP contribution in [0, 0.1) is 0 Å². The lowest BCUT2D eigenvalue weighted by atomic mass is 10.2. The Morgan fingerprint density at radius 1 is 0.964 bits per heavy atom. The zero-order chi connectivity index (χ0) is 20.4. The van der Waals surface area contributed by atoms with Gasteiger partial charge in [-0.2, -0.15) is 0 Å². The van der Waals surface area contributed by atoms with Gasteiger partial charge in [0.1, 0.15) is 5.75 Å². The number of ether oxygens (including phenoxy) is 1. The van der Waals surface area contributed by atoms with Gasteiger partial charge in [0.2, 0.25) is 5.91 Å². The van der Waals surface area contributed by atoms with E-state index >= 15 is 0 Å². The first-order valence-corrected chi connectivity index (χ1v) is 10.5. The SMILES string of the molecule is CCCCCCCOc1cccc(NCC(=O)Nc2cc(Cl)c(Cl)cc2Cl)c1. The number of unbranched alkanes of at least 4 members (excludes halogenated alkanes) is 4. The quantitative estimate of drug-likeness (QED) is 0.289. The highest BCUT2D eigenvalue weighted by molar-refractivity contribution is 6.44. The Morgan fingerprint density at radius 2 is 1.71 bits per heavy atom. The van der Waals surface area contributed by atoms with E-state index in [-0.39, 0.29) is 12.5 Å². The fourth-order valence-electron chi connectivity index (χ4n) is 2.59. The Labute approximate surface area is 181 Å². The molecule has 2 aromatic carbocycles. The summed E-state index contributed by atoms with van der Waals surface area (Å²) in [4.78, 5) is 12.2. The molecule has 0 aliphatic rings. The van der Waals surface area contributed by atoms with E-state index in [1.54, 1.807) is 0 Å². The fourth-order valence-corrected chi connectivity index (χ4v) is 3.18. The maximum absolute atomic E-state index is 12.2. The number of hydrogen-bond donors (Lipinski definition) is 2. The van der Waals surface area contributed by atoms with Crippen molar-refractivity contribution in [3.8, 4) is 5.75 Å². The van der Waals surface area contributed by atoms with E-state index in [1.807, 2.05) is 24.3 Å². The van der Waals surface area contributed by atoms with Crippen LogP contribution in [0.3, 0.4) is 0 Å². The third-order valence-corrected chi connectivity index (χ3v) is 5.12. The molecule has 0 aliphatic carbocycles. The number of rotatable bonds is 11. The van der Waals surface area contributed by atoms with Crippen LogP contribution >= 0.6 is 34.8 Å². The van der Waals surface area contributed by atoms with Gasteiger partial charge in [0.05, 0.1) is 33.9 Å². The molecule has 0 radical (unpaired) electrons. The lowest BCUT2D eigenvalue weighted by Gasteiger charge is -2.11. The van der Waals surface area contributed by atoms with Crippen LogP contribution in [0.5, 0.6) is 5.75 Å². The number of hydrogen-bond acceptors (Lipinski definition) is 3. The molecular weight excluding hydrogens is 419 g/mol. The molecule has 0 aromatic heterocycles. The molecule has 0 saturated heterocycles. The molecule has 4 nitrogen and oxygen atoms in total. The van der Waals surface area contributed by atoms with E-state index in [4.69, 9.17) is 39.5 Å². The number of carbonyl (C=O) groups is 1. The number of carbonyl (C=O) groups excluding carboxylic acids is 1. The number of benzene rings is 2. The highest BCUT2D eigenvalue weighted by Gasteiger charge is 2.09. The molecule has 0 spiro atoms. The molecule has 0 fully saturated rings. The summed E-state index contributed by atoms with van der Waals surface area (Å²) in [6.45, 7) is 2.98. The largest absolute Gasteiger partial charge is 0.494 e. The van der Waals surface area contributed by atoms with Gasteiger partial charge >= 0.3 is 0 Å². The number of amides is 1. The maximum Gasteiger partial charge on any atom is 0.243 e. The van der Waals surface area contributed by atoms with Crippen LogP contribution in [0.15, 0.2) is 36.4 Å². The van der Waals surface area contributed by atoms with Gasteiger partial charge in [-0.05, 0) is 30.7 Å². The third-order valence-electron chi connectivity index (χ3n) is 4.09. The summed E-state index contributed by atoms with van der Waals surface area (Å²) in [6, 6.07) is 10.6. The Bertz CT molecular complexity index is 784. The number of nitrogens with one attached hydrogen (secondary N) is 2. The predicted molar refractivity (Wildman–Crippen MR) is 119 cm³/mol. The summed E-state index contributed by atoms with van der Waals surface area (Å²) < 4.78 is 5.78. The first-order chi connectivity index (χ1) is 13.5. The van der Waals surface area contributed by atoms with E-state index in [1.165, 1.54) is 37.8 Å². The number of anilines is 2. The third kappa shape index (κ3) is 7.78. The van der Waals surface area contributed by atoms with Crippen molar-refractivity contribution in [2.75, 3.05) is 23.8 Å². The Balaban J connectivity index is 1.79. The molecule has 0 unspecified atom stereocenters. The van der Waals surface area contributed by atoms with Crippen LogP contribution in [0.4, 0.5) is 11.4 Å². The Hall–Kier alpha value is -1.62. The molecular formula is C21H25Cl3N2O2. The zero-order valence-corrected chi connectivity index (χ0v) is 18.1. The Morgan fingerprint density at radius 3 is 2.50 bits per heavy atom. The minimum atomic E-state index is -0.248. The topological polar surface area (TPSA) is 50.4 Å². The van der Waals surface area contributed by atoms with Crippen LogP contribution in [-0.2, 0) is 4.79 Å². The van der Waals surface area contributed by atoms with Crippen molar-refractivity contribution in [2.24, 2.45) is 0 Å². The summed E-state index contributed by atoms with van der Waals surface area (Å²) in [6.07, 6.45) is 5.99. The van der Waals surface area contributed by atoms with E-state index in [9.17, 15) is 4.79 Å². The molecule has 0 saturated carbocycles. The summed E-state index contributed by atoms with van der Waals surface area (Å²) in [5, 5.41) is 6.78. The first-order valence-electron chi connectivity index (χ1n) is 9.40. The predicted octanol–water partition coefficient (Wildman–Crippen LogP) is 7.05. The molecule has 2 N–H and O–H groups in total. The first kappa shape index (κ1) is 22.7. The normalized spacial score (nSPS) is 10.6. The van der Waals surface area contributed by atoms with Crippen LogP contribution in [-0.4, -0.2) is 19.1 Å². The van der Waals surface area contributed by atoms with Gasteiger partial charge in [-0.1, -0.05) is 73.5 Å². The van der Waals surface area contributed by atoms with Gasteiger partial charge in [-0.3, -0.25) is 4.79 Å². The molecule has 0 heterocycles. The summed E-state index contributed by atoms with van der Waals surface area (Å²) in [7, 11) is 0. The van der Waals surface area contributed by atoms with Gasteiger partial charge in [-0.15, -0.1) is 0 Å².